The molecule has 3 rings (SSSR count). The molecule has 0 aliphatic carbocycles. The van der Waals surface area contributed by atoms with Crippen LogP contribution in [0.3, 0.4) is 0 Å². The summed E-state index contributed by atoms with van der Waals surface area (Å²) in [5.41, 5.74) is 3.18. The van der Waals surface area contributed by atoms with Gasteiger partial charge in [-0.1, -0.05) is 29.8 Å². The first-order valence-electron chi connectivity index (χ1n) is 9.58. The Morgan fingerprint density at radius 1 is 1.17 bits per heavy atom. The molecule has 1 unspecified atom stereocenters. The molecular weight excluding hydrogens is 366 g/mol. The van der Waals surface area contributed by atoms with Gasteiger partial charge in [-0.25, -0.2) is 4.98 Å². The van der Waals surface area contributed by atoms with Crippen LogP contribution in [0.2, 0.25) is 0 Å². The van der Waals surface area contributed by atoms with E-state index in [-0.39, 0.29) is 18.4 Å². The summed E-state index contributed by atoms with van der Waals surface area (Å²) in [7, 11) is 3.54. The fourth-order valence-electron chi connectivity index (χ4n) is 3.20. The van der Waals surface area contributed by atoms with E-state index in [2.05, 4.69) is 16.4 Å². The van der Waals surface area contributed by atoms with Gasteiger partial charge in [0.25, 0.3) is 0 Å². The first-order chi connectivity index (χ1) is 14.0. The number of ether oxygens (including phenoxy) is 2. The maximum Gasteiger partial charge on any atom is 0.224 e. The number of methoxy groups -OCH3 is 1. The van der Waals surface area contributed by atoms with E-state index in [9.17, 15) is 4.79 Å². The number of aromatic nitrogens is 2. The Hall–Kier alpha value is -3.28. The molecule has 0 radical (unpaired) electrons. The zero-order valence-electron chi connectivity index (χ0n) is 17.3. The van der Waals surface area contributed by atoms with Crippen LogP contribution in [0.25, 0.3) is 0 Å². The van der Waals surface area contributed by atoms with E-state index in [1.807, 2.05) is 68.1 Å². The number of imidazole rings is 1. The number of aryl methyl sites for hydroxylation is 3. The van der Waals surface area contributed by atoms with Crippen LogP contribution in [-0.2, 0) is 11.8 Å². The van der Waals surface area contributed by atoms with E-state index in [0.717, 1.165) is 28.5 Å². The van der Waals surface area contributed by atoms with Crippen LogP contribution in [0, 0.1) is 13.8 Å². The van der Waals surface area contributed by atoms with Crippen LogP contribution in [0.15, 0.2) is 54.9 Å². The van der Waals surface area contributed by atoms with Crippen molar-refractivity contribution in [2.45, 2.75) is 26.3 Å². The number of nitrogens with zero attached hydrogens (tertiary/aromatic N) is 2. The minimum atomic E-state index is -0.352. The van der Waals surface area contributed by atoms with Crippen molar-refractivity contribution in [1.29, 1.82) is 0 Å². The molecule has 6 nitrogen and oxygen atoms in total. The quantitative estimate of drug-likeness (QED) is 0.633. The average Bonchev–Trinajstić information content (AvgIpc) is 3.13. The highest BCUT2D eigenvalue weighted by molar-refractivity contribution is 5.77. The fraction of sp³-hybridized carbons (Fsp3) is 0.304. The molecule has 0 bridgehead atoms. The van der Waals surface area contributed by atoms with Gasteiger partial charge in [0.2, 0.25) is 5.91 Å². The summed E-state index contributed by atoms with van der Waals surface area (Å²) in [6.45, 7) is 4.36. The summed E-state index contributed by atoms with van der Waals surface area (Å²) in [4.78, 5) is 17.1. The highest BCUT2D eigenvalue weighted by Crippen LogP contribution is 2.23. The van der Waals surface area contributed by atoms with Crippen molar-refractivity contribution >= 4 is 5.91 Å². The summed E-state index contributed by atoms with van der Waals surface area (Å²) in [5.74, 6) is 2.23. The standard InChI is InChI=1S/C23H27N3O3/c1-16-5-10-20(17(2)15-16)29-14-11-21(27)25-22(23-24-12-13-26(23)3)18-6-8-19(28-4)9-7-18/h5-10,12-13,15,22H,11,14H2,1-4H3,(H,25,27). The minimum Gasteiger partial charge on any atom is -0.497 e. The highest BCUT2D eigenvalue weighted by atomic mass is 16.5. The number of benzene rings is 2. The third-order valence-corrected chi connectivity index (χ3v) is 4.79. The molecule has 3 aromatic rings. The molecule has 2 aromatic carbocycles. The molecule has 1 heterocycles. The molecule has 1 N–H and O–H groups in total. The maximum atomic E-state index is 12.6. The van der Waals surface area contributed by atoms with Crippen LogP contribution in [0.5, 0.6) is 11.5 Å². The predicted molar refractivity (Wildman–Crippen MR) is 112 cm³/mol. The van der Waals surface area contributed by atoms with Gasteiger partial charge in [-0.2, -0.15) is 0 Å². The van der Waals surface area contributed by atoms with E-state index >= 15 is 0 Å². The van der Waals surface area contributed by atoms with Gasteiger partial charge in [0.1, 0.15) is 23.4 Å². The molecule has 152 valence electrons. The zero-order valence-corrected chi connectivity index (χ0v) is 17.3. The Balaban J connectivity index is 1.67. The summed E-state index contributed by atoms with van der Waals surface area (Å²) in [5, 5.41) is 3.08. The molecule has 0 fully saturated rings. The van der Waals surface area contributed by atoms with Crippen molar-refractivity contribution in [2.24, 2.45) is 7.05 Å². The first-order valence-corrected chi connectivity index (χ1v) is 9.58. The van der Waals surface area contributed by atoms with Crippen LogP contribution in [0.1, 0.15) is 35.0 Å². The second kappa shape index (κ2) is 9.28. The lowest BCUT2D eigenvalue weighted by Gasteiger charge is -2.19. The third kappa shape index (κ3) is 5.16. The van der Waals surface area contributed by atoms with Crippen molar-refractivity contribution in [3.05, 3.63) is 77.4 Å². The van der Waals surface area contributed by atoms with Gasteiger partial charge >= 0.3 is 0 Å². The van der Waals surface area contributed by atoms with E-state index in [1.54, 1.807) is 13.3 Å². The molecule has 1 amide bonds. The monoisotopic (exact) mass is 393 g/mol. The predicted octanol–water partition coefficient (Wildman–Crippen LogP) is 3.72. The minimum absolute atomic E-state index is 0.0985. The summed E-state index contributed by atoms with van der Waals surface area (Å²) in [6.07, 6.45) is 3.84. The van der Waals surface area contributed by atoms with Gasteiger partial charge in [0.15, 0.2) is 0 Å². The average molecular weight is 393 g/mol. The lowest BCUT2D eigenvalue weighted by molar-refractivity contribution is -0.122. The normalized spacial score (nSPS) is 11.7. The number of rotatable bonds is 8. The van der Waals surface area contributed by atoms with Crippen LogP contribution in [0.4, 0.5) is 0 Å². The van der Waals surface area contributed by atoms with Gasteiger partial charge in [0.05, 0.1) is 20.1 Å². The second-order valence-corrected chi connectivity index (χ2v) is 7.04. The molecule has 0 aliphatic rings. The largest absolute Gasteiger partial charge is 0.497 e. The van der Waals surface area contributed by atoms with Gasteiger partial charge < -0.3 is 19.4 Å². The van der Waals surface area contributed by atoms with Gasteiger partial charge in [-0.05, 0) is 43.2 Å². The van der Waals surface area contributed by atoms with Crippen molar-refractivity contribution < 1.29 is 14.3 Å². The van der Waals surface area contributed by atoms with E-state index in [4.69, 9.17) is 9.47 Å². The van der Waals surface area contributed by atoms with Crippen molar-refractivity contribution in [3.63, 3.8) is 0 Å². The Morgan fingerprint density at radius 2 is 1.93 bits per heavy atom. The van der Waals surface area contributed by atoms with Gasteiger partial charge in [-0.15, -0.1) is 0 Å². The Morgan fingerprint density at radius 3 is 2.55 bits per heavy atom. The SMILES string of the molecule is COc1ccc(C(NC(=O)CCOc2ccc(C)cc2C)c2nccn2C)cc1. The molecule has 1 aromatic heterocycles. The highest BCUT2D eigenvalue weighted by Gasteiger charge is 2.20. The van der Waals surface area contributed by atoms with Crippen molar-refractivity contribution in [1.82, 2.24) is 14.9 Å². The Bertz CT molecular complexity index is 964. The molecular formula is C23H27N3O3. The number of nitrogens with one attached hydrogen (secondary N) is 1. The molecule has 0 saturated carbocycles. The molecule has 0 saturated heterocycles. The number of hydrogen-bond donors (Lipinski definition) is 1. The molecule has 0 spiro atoms. The number of hydrogen-bond acceptors (Lipinski definition) is 4. The van der Waals surface area contributed by atoms with E-state index in [1.165, 1.54) is 5.56 Å². The van der Waals surface area contributed by atoms with Gasteiger partial charge in [-0.3, -0.25) is 4.79 Å². The lowest BCUT2D eigenvalue weighted by atomic mass is 10.1. The molecule has 29 heavy (non-hydrogen) atoms. The number of carbonyl (C=O) groups is 1. The maximum absolute atomic E-state index is 12.6. The van der Waals surface area contributed by atoms with Crippen LogP contribution in [-0.4, -0.2) is 29.2 Å². The molecule has 1 atom stereocenters. The van der Waals surface area contributed by atoms with Crippen LogP contribution < -0.4 is 14.8 Å². The summed E-state index contributed by atoms with van der Waals surface area (Å²) in [6, 6.07) is 13.3. The zero-order chi connectivity index (χ0) is 20.8. The first kappa shape index (κ1) is 20.5. The smallest absolute Gasteiger partial charge is 0.224 e. The van der Waals surface area contributed by atoms with Crippen molar-refractivity contribution in [2.75, 3.05) is 13.7 Å². The van der Waals surface area contributed by atoms with Crippen LogP contribution >= 0.6 is 0 Å². The molecule has 6 heteroatoms. The second-order valence-electron chi connectivity index (χ2n) is 7.04. The third-order valence-electron chi connectivity index (χ3n) is 4.79. The fourth-order valence-corrected chi connectivity index (χ4v) is 3.20. The lowest BCUT2D eigenvalue weighted by Crippen LogP contribution is -2.32. The summed E-state index contributed by atoms with van der Waals surface area (Å²) < 4.78 is 12.9. The summed E-state index contributed by atoms with van der Waals surface area (Å²) >= 11 is 0. The Kier molecular flexibility index (Phi) is 6.54. The van der Waals surface area contributed by atoms with E-state index in [0.29, 0.717) is 6.61 Å². The topological polar surface area (TPSA) is 65.4 Å². The van der Waals surface area contributed by atoms with Crippen molar-refractivity contribution in [3.8, 4) is 11.5 Å². The molecule has 0 aliphatic heterocycles. The van der Waals surface area contributed by atoms with Gasteiger partial charge in [0, 0.05) is 19.4 Å². The Labute approximate surface area is 171 Å². The number of carbonyl (C=O) groups excluding carboxylic acids is 1. The van der Waals surface area contributed by atoms with E-state index < -0.39 is 0 Å². The number of amides is 1.